The number of carbonyl (C=O) groups excluding carboxylic acids is 2. The van der Waals surface area contributed by atoms with Crippen LogP contribution in [0.4, 0.5) is 5.69 Å². The second-order valence-electron chi connectivity index (χ2n) is 10.8. The first-order chi connectivity index (χ1) is 19.9. The maximum absolute atomic E-state index is 13.1. The average Bonchev–Trinajstić information content (AvgIpc) is 3.12. The molecular formula is C33H38N4O4. The van der Waals surface area contributed by atoms with Crippen molar-refractivity contribution in [3.63, 3.8) is 0 Å². The molecule has 3 aromatic carbocycles. The Balaban J connectivity index is 1.42. The predicted octanol–water partition coefficient (Wildman–Crippen LogP) is 4.09. The van der Waals surface area contributed by atoms with Crippen molar-refractivity contribution in [2.75, 3.05) is 45.8 Å². The molecule has 0 aliphatic carbocycles. The first-order valence-corrected chi connectivity index (χ1v) is 14.1. The van der Waals surface area contributed by atoms with Gasteiger partial charge < -0.3 is 19.7 Å². The number of rotatable bonds is 8. The van der Waals surface area contributed by atoms with Crippen LogP contribution in [0.25, 0.3) is 0 Å². The number of nitrogens with one attached hydrogen (secondary N) is 1. The van der Waals surface area contributed by atoms with Gasteiger partial charge in [0.05, 0.1) is 32.5 Å². The number of aliphatic imine (C=N–C) groups is 1. The number of amides is 2. The number of nitrogens with zero attached hydrogens (tertiary/aromatic N) is 3. The van der Waals surface area contributed by atoms with Crippen molar-refractivity contribution < 1.29 is 19.1 Å². The molecule has 2 atom stereocenters. The minimum absolute atomic E-state index is 0.0358. The van der Waals surface area contributed by atoms with Gasteiger partial charge in [-0.25, -0.2) is 0 Å². The fourth-order valence-electron chi connectivity index (χ4n) is 5.70. The molecule has 0 spiro atoms. The first kappa shape index (κ1) is 28.4. The van der Waals surface area contributed by atoms with E-state index in [9.17, 15) is 9.59 Å². The van der Waals surface area contributed by atoms with E-state index in [1.165, 1.54) is 5.56 Å². The molecule has 0 saturated carbocycles. The van der Waals surface area contributed by atoms with Crippen molar-refractivity contribution in [2.24, 2.45) is 10.9 Å². The van der Waals surface area contributed by atoms with Gasteiger partial charge in [0.15, 0.2) is 11.5 Å². The third-order valence-electron chi connectivity index (χ3n) is 8.03. The van der Waals surface area contributed by atoms with Crippen LogP contribution in [0.15, 0.2) is 71.7 Å². The monoisotopic (exact) mass is 554 g/mol. The molecule has 0 aromatic heterocycles. The molecule has 2 aliphatic heterocycles. The summed E-state index contributed by atoms with van der Waals surface area (Å²) in [4.78, 5) is 34.7. The van der Waals surface area contributed by atoms with Crippen molar-refractivity contribution in [1.29, 1.82) is 0 Å². The van der Waals surface area contributed by atoms with Crippen LogP contribution in [0, 0.1) is 5.92 Å². The summed E-state index contributed by atoms with van der Waals surface area (Å²) in [6.07, 6.45) is 1.06. The normalized spacial score (nSPS) is 19.2. The van der Waals surface area contributed by atoms with Gasteiger partial charge in [-0.2, -0.15) is 0 Å². The number of piperazine rings is 1. The SMILES string of the molecule is CNC(=O)CC1N=C(c2ccc(N3CCN(Cc4ccccc4)CC3=O)cc2)c2cc(OC)c(OC)cc2CC1C. The van der Waals surface area contributed by atoms with Crippen molar-refractivity contribution in [3.05, 3.63) is 89.0 Å². The molecule has 0 radical (unpaired) electrons. The number of methoxy groups -OCH3 is 2. The Morgan fingerprint density at radius 1 is 1.00 bits per heavy atom. The van der Waals surface area contributed by atoms with Crippen LogP contribution in [0.5, 0.6) is 11.5 Å². The highest BCUT2D eigenvalue weighted by Gasteiger charge is 2.29. The molecule has 8 nitrogen and oxygen atoms in total. The molecule has 0 bridgehead atoms. The van der Waals surface area contributed by atoms with E-state index in [1.807, 2.05) is 59.5 Å². The molecule has 2 unspecified atom stereocenters. The Morgan fingerprint density at radius 3 is 2.37 bits per heavy atom. The molecular weight excluding hydrogens is 516 g/mol. The number of carbonyl (C=O) groups is 2. The molecule has 41 heavy (non-hydrogen) atoms. The largest absolute Gasteiger partial charge is 0.493 e. The van der Waals surface area contributed by atoms with Crippen LogP contribution in [0.3, 0.4) is 0 Å². The summed E-state index contributed by atoms with van der Waals surface area (Å²) >= 11 is 0. The minimum atomic E-state index is -0.187. The van der Waals surface area contributed by atoms with Crippen LogP contribution < -0.4 is 19.7 Å². The Hall–Kier alpha value is -4.17. The zero-order valence-corrected chi connectivity index (χ0v) is 24.2. The highest BCUT2D eigenvalue weighted by molar-refractivity contribution is 6.14. The van der Waals surface area contributed by atoms with E-state index in [1.54, 1.807) is 21.3 Å². The topological polar surface area (TPSA) is 83.5 Å². The average molecular weight is 555 g/mol. The Bertz CT molecular complexity index is 1420. The number of fused-ring (bicyclic) bond motifs is 1. The lowest BCUT2D eigenvalue weighted by Crippen LogP contribution is -2.50. The smallest absolute Gasteiger partial charge is 0.241 e. The number of benzene rings is 3. The summed E-state index contributed by atoms with van der Waals surface area (Å²) in [6.45, 7) is 4.73. The van der Waals surface area contributed by atoms with Crippen molar-refractivity contribution in [2.45, 2.75) is 32.4 Å². The Labute approximate surface area is 242 Å². The van der Waals surface area contributed by atoms with Gasteiger partial charge in [0.2, 0.25) is 11.8 Å². The minimum Gasteiger partial charge on any atom is -0.493 e. The lowest BCUT2D eigenvalue weighted by Gasteiger charge is -2.34. The summed E-state index contributed by atoms with van der Waals surface area (Å²) in [5.41, 5.74) is 5.88. The third kappa shape index (κ3) is 6.28. The molecule has 214 valence electrons. The Morgan fingerprint density at radius 2 is 1.71 bits per heavy atom. The first-order valence-electron chi connectivity index (χ1n) is 14.1. The molecule has 1 N–H and O–H groups in total. The molecule has 1 fully saturated rings. The van der Waals surface area contributed by atoms with Crippen LogP contribution in [-0.2, 0) is 22.6 Å². The summed E-state index contributed by atoms with van der Waals surface area (Å²) < 4.78 is 11.2. The van der Waals surface area contributed by atoms with Gasteiger partial charge >= 0.3 is 0 Å². The predicted molar refractivity (Wildman–Crippen MR) is 161 cm³/mol. The van der Waals surface area contributed by atoms with Crippen molar-refractivity contribution in [1.82, 2.24) is 10.2 Å². The standard InChI is InChI=1S/C33H38N4O4/c1-22-16-25-17-29(40-3)30(41-4)18-27(25)33(35-28(22)19-31(38)34-2)24-10-12-26(13-11-24)37-15-14-36(21-32(37)39)20-23-8-6-5-7-9-23/h5-13,17-18,22,28H,14-16,19-21H2,1-4H3,(H,34,38). The van der Waals surface area contributed by atoms with Gasteiger partial charge in [-0.1, -0.05) is 49.4 Å². The summed E-state index contributed by atoms with van der Waals surface area (Å²) in [7, 11) is 4.91. The lowest BCUT2D eigenvalue weighted by atomic mass is 9.90. The van der Waals surface area contributed by atoms with Gasteiger partial charge in [-0.15, -0.1) is 0 Å². The Kier molecular flexibility index (Phi) is 8.69. The van der Waals surface area contributed by atoms with E-state index >= 15 is 0 Å². The molecule has 5 rings (SSSR count). The zero-order chi connectivity index (χ0) is 28.9. The van der Waals surface area contributed by atoms with Crippen LogP contribution in [0.2, 0.25) is 0 Å². The summed E-state index contributed by atoms with van der Waals surface area (Å²) in [5, 5.41) is 2.74. The van der Waals surface area contributed by atoms with Crippen LogP contribution >= 0.6 is 0 Å². The molecule has 2 heterocycles. The molecule has 8 heteroatoms. The zero-order valence-electron chi connectivity index (χ0n) is 24.2. The highest BCUT2D eigenvalue weighted by Crippen LogP contribution is 2.36. The number of hydrogen-bond acceptors (Lipinski definition) is 6. The second-order valence-corrected chi connectivity index (χ2v) is 10.8. The van der Waals surface area contributed by atoms with Crippen LogP contribution in [-0.4, -0.2) is 69.4 Å². The maximum Gasteiger partial charge on any atom is 0.241 e. The van der Waals surface area contributed by atoms with Gasteiger partial charge in [-0.05, 0) is 47.7 Å². The molecule has 1 saturated heterocycles. The third-order valence-corrected chi connectivity index (χ3v) is 8.03. The van der Waals surface area contributed by atoms with Crippen molar-refractivity contribution >= 4 is 23.2 Å². The van der Waals surface area contributed by atoms with E-state index in [-0.39, 0.29) is 23.8 Å². The van der Waals surface area contributed by atoms with Gasteiger partial charge in [0.25, 0.3) is 0 Å². The lowest BCUT2D eigenvalue weighted by molar-refractivity contribution is -0.122. The van der Waals surface area contributed by atoms with E-state index in [4.69, 9.17) is 14.5 Å². The molecule has 2 aliphatic rings. The summed E-state index contributed by atoms with van der Waals surface area (Å²) in [5.74, 6) is 1.50. The number of anilines is 1. The molecule has 3 aromatic rings. The van der Waals surface area contributed by atoms with Gasteiger partial charge in [0.1, 0.15) is 0 Å². The maximum atomic E-state index is 13.1. The van der Waals surface area contributed by atoms with E-state index < -0.39 is 0 Å². The van der Waals surface area contributed by atoms with Crippen molar-refractivity contribution in [3.8, 4) is 11.5 Å². The van der Waals surface area contributed by atoms with E-state index in [0.29, 0.717) is 31.0 Å². The second kappa shape index (κ2) is 12.6. The van der Waals surface area contributed by atoms with E-state index in [2.05, 4.69) is 29.3 Å². The highest BCUT2D eigenvalue weighted by atomic mass is 16.5. The number of hydrogen-bond donors (Lipinski definition) is 1. The number of ether oxygens (including phenoxy) is 2. The fourth-order valence-corrected chi connectivity index (χ4v) is 5.70. The van der Waals surface area contributed by atoms with Crippen LogP contribution in [0.1, 0.15) is 35.6 Å². The van der Waals surface area contributed by atoms with E-state index in [0.717, 1.165) is 47.6 Å². The summed E-state index contributed by atoms with van der Waals surface area (Å²) in [6, 6.07) is 22.1. The quantitative estimate of drug-likeness (QED) is 0.454. The molecule has 2 amide bonds. The van der Waals surface area contributed by atoms with Gasteiger partial charge in [-0.3, -0.25) is 19.5 Å². The van der Waals surface area contributed by atoms with Gasteiger partial charge in [0, 0.05) is 49.9 Å². The fraction of sp³-hybridized carbons (Fsp3) is 0.364.